The van der Waals surface area contributed by atoms with E-state index in [4.69, 9.17) is 18.9 Å². The zero-order valence-electron chi connectivity index (χ0n) is 27.5. The van der Waals surface area contributed by atoms with Crippen LogP contribution in [0.3, 0.4) is 0 Å². The Labute approximate surface area is 254 Å². The van der Waals surface area contributed by atoms with Gasteiger partial charge in [0.2, 0.25) is 0 Å². The van der Waals surface area contributed by atoms with Crippen LogP contribution in [-0.4, -0.2) is 67.8 Å². The number of rotatable bonds is 30. The molecule has 1 fully saturated rings. The monoisotopic (exact) mass is 587 g/mol. The fourth-order valence-electron chi connectivity index (χ4n) is 5.84. The molecule has 0 aromatic rings. The smallest absolute Gasteiger partial charge is 0.186 e. The highest BCUT2D eigenvalue weighted by Gasteiger charge is 2.45. The van der Waals surface area contributed by atoms with Crippen LogP contribution in [0.25, 0.3) is 0 Å². The summed E-state index contributed by atoms with van der Waals surface area (Å²) in [7, 11) is 1.51. The van der Waals surface area contributed by atoms with Crippen molar-refractivity contribution in [2.24, 2.45) is 0 Å². The molecule has 0 spiro atoms. The first kappa shape index (κ1) is 38.8. The van der Waals surface area contributed by atoms with Crippen molar-refractivity contribution in [2.75, 3.05) is 26.9 Å². The molecule has 1 heterocycles. The number of aliphatic hydroxyl groups excluding tert-OH is 2. The van der Waals surface area contributed by atoms with Crippen LogP contribution < -0.4 is 0 Å². The van der Waals surface area contributed by atoms with Crippen LogP contribution in [0, 0.1) is 0 Å². The highest BCUT2D eigenvalue weighted by molar-refractivity contribution is 4.90. The summed E-state index contributed by atoms with van der Waals surface area (Å²) in [4.78, 5) is 0. The van der Waals surface area contributed by atoms with Crippen molar-refractivity contribution >= 4 is 0 Å². The van der Waals surface area contributed by atoms with E-state index in [1.807, 2.05) is 0 Å². The summed E-state index contributed by atoms with van der Waals surface area (Å²) in [6.45, 7) is 6.01. The summed E-state index contributed by atoms with van der Waals surface area (Å²) in [5.74, 6) is 0. The second kappa shape index (κ2) is 28.5. The zero-order chi connectivity index (χ0) is 29.8. The molecule has 0 aliphatic carbocycles. The maximum Gasteiger partial charge on any atom is 0.186 e. The van der Waals surface area contributed by atoms with Gasteiger partial charge < -0.3 is 29.2 Å². The van der Waals surface area contributed by atoms with Gasteiger partial charge in [0.15, 0.2) is 6.29 Å². The van der Waals surface area contributed by atoms with Crippen molar-refractivity contribution in [3.05, 3.63) is 0 Å². The van der Waals surface area contributed by atoms with Gasteiger partial charge in [-0.1, -0.05) is 155 Å². The van der Waals surface area contributed by atoms with Gasteiger partial charge in [0.1, 0.15) is 24.4 Å². The summed E-state index contributed by atoms with van der Waals surface area (Å²) in [6.07, 6.45) is 27.2. The molecule has 41 heavy (non-hydrogen) atoms. The number of ether oxygens (including phenoxy) is 4. The second-order valence-electron chi connectivity index (χ2n) is 12.4. The molecule has 0 radical (unpaired) electrons. The molecule has 0 unspecified atom stereocenters. The van der Waals surface area contributed by atoms with Crippen LogP contribution in [0.4, 0.5) is 0 Å². The minimum absolute atomic E-state index is 0.282. The SMILES string of the molecule is CCCCCCCCCCCCCCOC[C@H]1O[C@@H](OC)[C@H](O)[C@@H](OCCCCCCCCCCCCCC)[C@H]1O. The van der Waals surface area contributed by atoms with Gasteiger partial charge in [-0.2, -0.15) is 0 Å². The van der Waals surface area contributed by atoms with Gasteiger partial charge in [-0.25, -0.2) is 0 Å². The van der Waals surface area contributed by atoms with Gasteiger partial charge in [-0.3, -0.25) is 0 Å². The summed E-state index contributed by atoms with van der Waals surface area (Å²) in [5.41, 5.74) is 0. The molecule has 6 heteroatoms. The highest BCUT2D eigenvalue weighted by atomic mass is 16.7. The fourth-order valence-corrected chi connectivity index (χ4v) is 5.84. The van der Waals surface area contributed by atoms with E-state index in [2.05, 4.69) is 13.8 Å². The molecule has 0 saturated carbocycles. The van der Waals surface area contributed by atoms with E-state index in [-0.39, 0.29) is 6.61 Å². The minimum atomic E-state index is -1.01. The van der Waals surface area contributed by atoms with E-state index in [1.165, 1.54) is 142 Å². The van der Waals surface area contributed by atoms with Crippen molar-refractivity contribution in [1.82, 2.24) is 0 Å². The third-order valence-electron chi connectivity index (χ3n) is 8.61. The Morgan fingerprint density at radius 3 is 1.32 bits per heavy atom. The Morgan fingerprint density at radius 1 is 0.512 bits per heavy atom. The Kier molecular flexibility index (Phi) is 27.0. The normalized spacial score (nSPS) is 22.9. The van der Waals surface area contributed by atoms with Crippen molar-refractivity contribution in [1.29, 1.82) is 0 Å². The van der Waals surface area contributed by atoms with Crippen LogP contribution in [0.1, 0.15) is 168 Å². The number of hydrogen-bond acceptors (Lipinski definition) is 6. The summed E-state index contributed by atoms with van der Waals surface area (Å²) >= 11 is 0. The van der Waals surface area contributed by atoms with E-state index in [1.54, 1.807) is 0 Å². The molecular weight excluding hydrogens is 516 g/mol. The third-order valence-corrected chi connectivity index (χ3v) is 8.61. The molecule has 246 valence electrons. The van der Waals surface area contributed by atoms with Crippen molar-refractivity contribution in [3.8, 4) is 0 Å². The topological polar surface area (TPSA) is 77.4 Å². The molecule has 5 atom stereocenters. The summed E-state index contributed by atoms with van der Waals surface area (Å²) < 4.78 is 23.0. The molecule has 0 aromatic carbocycles. The lowest BCUT2D eigenvalue weighted by molar-refractivity contribution is -0.303. The average Bonchev–Trinajstić information content (AvgIpc) is 2.98. The van der Waals surface area contributed by atoms with Crippen LogP contribution in [0.2, 0.25) is 0 Å². The highest BCUT2D eigenvalue weighted by Crippen LogP contribution is 2.25. The van der Waals surface area contributed by atoms with E-state index < -0.39 is 30.7 Å². The van der Waals surface area contributed by atoms with Crippen LogP contribution >= 0.6 is 0 Å². The molecule has 0 bridgehead atoms. The van der Waals surface area contributed by atoms with Crippen LogP contribution in [0.5, 0.6) is 0 Å². The van der Waals surface area contributed by atoms with Crippen LogP contribution in [0.15, 0.2) is 0 Å². The number of hydrogen-bond donors (Lipinski definition) is 2. The number of unbranched alkanes of at least 4 members (excludes halogenated alkanes) is 22. The lowest BCUT2D eigenvalue weighted by Gasteiger charge is -2.41. The Balaban J connectivity index is 2.08. The van der Waals surface area contributed by atoms with Crippen molar-refractivity contribution < 1.29 is 29.2 Å². The largest absolute Gasteiger partial charge is 0.387 e. The van der Waals surface area contributed by atoms with Gasteiger partial charge in [0.25, 0.3) is 0 Å². The van der Waals surface area contributed by atoms with Gasteiger partial charge in [-0.15, -0.1) is 0 Å². The first-order valence-corrected chi connectivity index (χ1v) is 17.9. The lowest BCUT2D eigenvalue weighted by atomic mass is 9.99. The average molecular weight is 587 g/mol. The molecule has 1 rings (SSSR count). The second-order valence-corrected chi connectivity index (χ2v) is 12.4. The predicted octanol–water partition coefficient (Wildman–Crippen LogP) is 8.88. The maximum atomic E-state index is 10.9. The van der Waals surface area contributed by atoms with Crippen LogP contribution in [-0.2, 0) is 18.9 Å². The fraction of sp³-hybridized carbons (Fsp3) is 1.00. The zero-order valence-corrected chi connectivity index (χ0v) is 27.5. The predicted molar refractivity (Wildman–Crippen MR) is 170 cm³/mol. The first-order valence-electron chi connectivity index (χ1n) is 17.9. The lowest BCUT2D eigenvalue weighted by Crippen LogP contribution is -2.60. The molecule has 6 nitrogen and oxygen atoms in total. The molecule has 1 saturated heterocycles. The Morgan fingerprint density at radius 2 is 0.902 bits per heavy atom. The summed E-state index contributed by atoms with van der Waals surface area (Å²) in [5, 5.41) is 21.5. The van der Waals surface area contributed by atoms with Gasteiger partial charge in [0.05, 0.1) is 6.61 Å². The molecule has 2 N–H and O–H groups in total. The van der Waals surface area contributed by atoms with Gasteiger partial charge >= 0.3 is 0 Å². The molecule has 0 amide bonds. The summed E-state index contributed by atoms with van der Waals surface area (Å²) in [6, 6.07) is 0. The number of aliphatic hydroxyl groups is 2. The first-order chi connectivity index (χ1) is 20.2. The van der Waals surface area contributed by atoms with E-state index in [0.29, 0.717) is 13.2 Å². The quantitative estimate of drug-likeness (QED) is 0.0819. The standard InChI is InChI=1S/C35H70O6/c1-4-6-8-10-12-14-16-18-20-22-24-26-28-39-30-31-32(36)34(33(37)35(38-3)41-31)40-29-27-25-23-21-19-17-15-13-11-9-7-5-2/h31-37H,4-30H2,1-3H3/t31-,32+,33-,34+,35-/m1/s1. The Bertz CT molecular complexity index is 533. The van der Waals surface area contributed by atoms with E-state index in [0.717, 1.165) is 19.3 Å². The third kappa shape index (κ3) is 20.4. The van der Waals surface area contributed by atoms with E-state index >= 15 is 0 Å². The minimum Gasteiger partial charge on any atom is -0.387 e. The van der Waals surface area contributed by atoms with Crippen molar-refractivity contribution in [2.45, 2.75) is 199 Å². The number of methoxy groups -OCH3 is 1. The molecule has 1 aliphatic rings. The van der Waals surface area contributed by atoms with Crippen molar-refractivity contribution in [3.63, 3.8) is 0 Å². The Hall–Kier alpha value is -0.240. The van der Waals surface area contributed by atoms with E-state index in [9.17, 15) is 10.2 Å². The molecular formula is C35H70O6. The molecule has 0 aromatic heterocycles. The maximum absolute atomic E-state index is 10.9. The van der Waals surface area contributed by atoms with Gasteiger partial charge in [-0.05, 0) is 12.8 Å². The molecule has 1 aliphatic heterocycles. The van der Waals surface area contributed by atoms with Gasteiger partial charge in [0, 0.05) is 20.3 Å².